The number of fused-ring (bicyclic) bond motifs is 1. The fourth-order valence-corrected chi connectivity index (χ4v) is 2.30. The first kappa shape index (κ1) is 11.8. The fourth-order valence-electron chi connectivity index (χ4n) is 2.30. The lowest BCUT2D eigenvalue weighted by molar-refractivity contribution is 0.421. The maximum atomic E-state index is 6.03. The largest absolute Gasteiger partial charge is 0.444 e. The molecule has 0 saturated heterocycles. The highest BCUT2D eigenvalue weighted by molar-refractivity contribution is 5.79. The highest BCUT2D eigenvalue weighted by Crippen LogP contribution is 2.27. The van der Waals surface area contributed by atoms with Crippen LogP contribution in [0.15, 0.2) is 28.8 Å². The molecule has 0 aliphatic rings. The summed E-state index contributed by atoms with van der Waals surface area (Å²) in [5.41, 5.74) is 9.09. The van der Waals surface area contributed by atoms with Gasteiger partial charge in [-0.1, -0.05) is 6.07 Å². The molecule has 2 N–H and O–H groups in total. The molecule has 0 aliphatic carbocycles. The van der Waals surface area contributed by atoms with Crippen molar-refractivity contribution in [2.75, 3.05) is 5.73 Å². The Morgan fingerprint density at radius 2 is 2.11 bits per heavy atom. The molecule has 0 amide bonds. The number of nitrogen functional groups attached to an aromatic ring is 1. The van der Waals surface area contributed by atoms with E-state index in [1.807, 2.05) is 37.5 Å². The Morgan fingerprint density at radius 1 is 1.32 bits per heavy atom. The normalized spacial score (nSPS) is 13.0. The SMILES string of the molecule is Cc1ccc2nc(N)n(C(C)c3ncc(C)o3)c2c1. The van der Waals surface area contributed by atoms with E-state index < -0.39 is 0 Å². The van der Waals surface area contributed by atoms with Crippen LogP contribution < -0.4 is 5.73 Å². The zero-order chi connectivity index (χ0) is 13.6. The topological polar surface area (TPSA) is 69.9 Å². The summed E-state index contributed by atoms with van der Waals surface area (Å²) >= 11 is 0. The standard InChI is InChI=1S/C14H16N4O/c1-8-4-5-11-12(6-8)18(14(15)17-11)10(3)13-16-7-9(2)19-13/h4-7,10H,1-3H3,(H2,15,17). The monoisotopic (exact) mass is 256 g/mol. The van der Waals surface area contributed by atoms with Crippen molar-refractivity contribution in [3.63, 3.8) is 0 Å². The van der Waals surface area contributed by atoms with Gasteiger partial charge in [-0.25, -0.2) is 9.97 Å². The maximum absolute atomic E-state index is 6.03. The molecule has 0 spiro atoms. The fraction of sp³-hybridized carbons (Fsp3) is 0.286. The molecule has 19 heavy (non-hydrogen) atoms. The van der Waals surface area contributed by atoms with E-state index in [1.165, 1.54) is 5.56 Å². The van der Waals surface area contributed by atoms with E-state index in [9.17, 15) is 0 Å². The number of hydrogen-bond acceptors (Lipinski definition) is 4. The molecule has 0 bridgehead atoms. The minimum atomic E-state index is -0.0829. The number of benzene rings is 1. The molecule has 0 aliphatic heterocycles. The average molecular weight is 256 g/mol. The number of aromatic nitrogens is 3. The molecule has 1 atom stereocenters. The summed E-state index contributed by atoms with van der Waals surface area (Å²) in [7, 11) is 0. The van der Waals surface area contributed by atoms with Gasteiger partial charge in [0, 0.05) is 0 Å². The highest BCUT2D eigenvalue weighted by Gasteiger charge is 2.19. The molecule has 3 aromatic rings. The third-order valence-electron chi connectivity index (χ3n) is 3.26. The van der Waals surface area contributed by atoms with Crippen molar-refractivity contribution in [1.29, 1.82) is 0 Å². The van der Waals surface area contributed by atoms with Crippen LogP contribution in [0.25, 0.3) is 11.0 Å². The molecule has 5 nitrogen and oxygen atoms in total. The zero-order valence-electron chi connectivity index (χ0n) is 11.2. The van der Waals surface area contributed by atoms with Crippen LogP contribution in [0.5, 0.6) is 0 Å². The number of hydrogen-bond donors (Lipinski definition) is 1. The van der Waals surface area contributed by atoms with Gasteiger partial charge in [0.1, 0.15) is 11.8 Å². The van der Waals surface area contributed by atoms with Crippen LogP contribution in [0.1, 0.15) is 30.2 Å². The predicted molar refractivity (Wildman–Crippen MR) is 73.9 cm³/mol. The number of nitrogens with zero attached hydrogens (tertiary/aromatic N) is 3. The first-order valence-electron chi connectivity index (χ1n) is 6.22. The van der Waals surface area contributed by atoms with Gasteiger partial charge in [-0.15, -0.1) is 0 Å². The molecule has 5 heteroatoms. The van der Waals surface area contributed by atoms with Gasteiger partial charge in [-0.2, -0.15) is 0 Å². The predicted octanol–water partition coefficient (Wildman–Crippen LogP) is 2.83. The second kappa shape index (κ2) is 4.12. The van der Waals surface area contributed by atoms with Crippen molar-refractivity contribution < 1.29 is 4.42 Å². The number of anilines is 1. The van der Waals surface area contributed by atoms with Gasteiger partial charge in [0.15, 0.2) is 0 Å². The van der Waals surface area contributed by atoms with Gasteiger partial charge in [0.25, 0.3) is 0 Å². The molecule has 0 fully saturated rings. The summed E-state index contributed by atoms with van der Waals surface area (Å²) in [4.78, 5) is 8.65. The number of rotatable bonds is 2. The summed E-state index contributed by atoms with van der Waals surface area (Å²) in [6.45, 7) is 5.93. The summed E-state index contributed by atoms with van der Waals surface area (Å²) in [5, 5.41) is 0. The van der Waals surface area contributed by atoms with E-state index in [-0.39, 0.29) is 6.04 Å². The van der Waals surface area contributed by atoms with Gasteiger partial charge >= 0.3 is 0 Å². The van der Waals surface area contributed by atoms with Crippen LogP contribution in [0.2, 0.25) is 0 Å². The lowest BCUT2D eigenvalue weighted by Crippen LogP contribution is -2.10. The lowest BCUT2D eigenvalue weighted by Gasteiger charge is -2.12. The van der Waals surface area contributed by atoms with Gasteiger partial charge in [-0.3, -0.25) is 4.57 Å². The second-order valence-corrected chi connectivity index (χ2v) is 4.82. The first-order valence-corrected chi connectivity index (χ1v) is 6.22. The molecule has 1 aromatic carbocycles. The van der Waals surface area contributed by atoms with E-state index in [1.54, 1.807) is 6.20 Å². The summed E-state index contributed by atoms with van der Waals surface area (Å²) in [5.74, 6) is 1.91. The molecule has 3 rings (SSSR count). The van der Waals surface area contributed by atoms with Crippen molar-refractivity contribution >= 4 is 17.0 Å². The minimum absolute atomic E-state index is 0.0829. The molecule has 0 saturated carbocycles. The van der Waals surface area contributed by atoms with Gasteiger partial charge in [0.05, 0.1) is 17.2 Å². The van der Waals surface area contributed by atoms with Crippen LogP contribution >= 0.6 is 0 Å². The summed E-state index contributed by atoms with van der Waals surface area (Å²) in [6.07, 6.45) is 1.71. The number of oxazole rings is 1. The first-order chi connectivity index (χ1) is 9.06. The van der Waals surface area contributed by atoms with Crippen molar-refractivity contribution in [2.24, 2.45) is 0 Å². The molecule has 2 aromatic heterocycles. The Hall–Kier alpha value is -2.30. The van der Waals surface area contributed by atoms with Crippen LogP contribution in [0.3, 0.4) is 0 Å². The Bertz CT molecular complexity index is 741. The minimum Gasteiger partial charge on any atom is -0.444 e. The van der Waals surface area contributed by atoms with Crippen LogP contribution in [0.4, 0.5) is 5.95 Å². The van der Waals surface area contributed by atoms with Crippen LogP contribution in [-0.2, 0) is 0 Å². The number of aryl methyl sites for hydroxylation is 2. The molecular weight excluding hydrogens is 240 g/mol. The maximum Gasteiger partial charge on any atom is 0.217 e. The zero-order valence-corrected chi connectivity index (χ0v) is 11.2. The van der Waals surface area contributed by atoms with Crippen molar-refractivity contribution in [1.82, 2.24) is 14.5 Å². The third-order valence-corrected chi connectivity index (χ3v) is 3.26. The second-order valence-electron chi connectivity index (χ2n) is 4.82. The Labute approximate surface area is 111 Å². The lowest BCUT2D eigenvalue weighted by atomic mass is 10.2. The van der Waals surface area contributed by atoms with Crippen molar-refractivity contribution in [3.05, 3.63) is 41.6 Å². The van der Waals surface area contributed by atoms with Crippen molar-refractivity contribution in [3.8, 4) is 0 Å². The quantitative estimate of drug-likeness (QED) is 0.765. The Kier molecular flexibility index (Phi) is 2.55. The highest BCUT2D eigenvalue weighted by atomic mass is 16.4. The van der Waals surface area contributed by atoms with Gasteiger partial charge in [-0.05, 0) is 38.5 Å². The van der Waals surface area contributed by atoms with Crippen molar-refractivity contribution in [2.45, 2.75) is 26.8 Å². The van der Waals surface area contributed by atoms with E-state index in [0.717, 1.165) is 16.8 Å². The number of nitrogens with two attached hydrogens (primary N) is 1. The Balaban J connectivity index is 2.18. The van der Waals surface area contributed by atoms with E-state index >= 15 is 0 Å². The third kappa shape index (κ3) is 1.87. The summed E-state index contributed by atoms with van der Waals surface area (Å²) < 4.78 is 7.54. The average Bonchev–Trinajstić information content (AvgIpc) is 2.91. The van der Waals surface area contributed by atoms with E-state index in [0.29, 0.717) is 11.8 Å². The van der Waals surface area contributed by atoms with Gasteiger partial charge in [0.2, 0.25) is 11.8 Å². The summed E-state index contributed by atoms with van der Waals surface area (Å²) in [6, 6.07) is 6.00. The Morgan fingerprint density at radius 3 is 2.79 bits per heavy atom. The van der Waals surface area contributed by atoms with E-state index in [4.69, 9.17) is 10.2 Å². The molecule has 0 radical (unpaired) electrons. The molecule has 98 valence electrons. The molecular formula is C14H16N4O. The number of imidazole rings is 1. The van der Waals surface area contributed by atoms with E-state index in [2.05, 4.69) is 16.0 Å². The molecule has 1 unspecified atom stereocenters. The van der Waals surface area contributed by atoms with Crippen LogP contribution in [-0.4, -0.2) is 14.5 Å². The van der Waals surface area contributed by atoms with Crippen LogP contribution in [0, 0.1) is 13.8 Å². The molecule has 2 heterocycles. The smallest absolute Gasteiger partial charge is 0.217 e. The van der Waals surface area contributed by atoms with Gasteiger partial charge < -0.3 is 10.2 Å².